The van der Waals surface area contributed by atoms with E-state index in [1.54, 1.807) is 0 Å². The highest BCUT2D eigenvalue weighted by Crippen LogP contribution is 2.36. The fraction of sp³-hybridized carbons (Fsp3) is 0.588. The van der Waals surface area contributed by atoms with E-state index in [1.165, 1.54) is 0 Å². The van der Waals surface area contributed by atoms with Crippen LogP contribution in [-0.2, 0) is 30.3 Å². The van der Waals surface area contributed by atoms with Crippen LogP contribution in [-0.4, -0.2) is 62.7 Å². The number of aromatic nitrogens is 4. The second-order valence-corrected chi connectivity index (χ2v) is 6.97. The van der Waals surface area contributed by atoms with Gasteiger partial charge in [0.25, 0.3) is 0 Å². The summed E-state index contributed by atoms with van der Waals surface area (Å²) < 4.78 is 69.7. The smallest absolute Gasteiger partial charge is 0.390 e. The van der Waals surface area contributed by atoms with Crippen LogP contribution in [0.1, 0.15) is 26.0 Å². The molecule has 15 heteroatoms. The number of alkyl halides is 4. The van der Waals surface area contributed by atoms with Crippen LogP contribution in [0, 0.1) is 0 Å². The third-order valence-corrected chi connectivity index (χ3v) is 4.76. The highest BCUT2D eigenvalue weighted by molar-refractivity contribution is 5.72. The maximum Gasteiger partial charge on any atom is 0.390 e. The first-order valence-corrected chi connectivity index (χ1v) is 9.26. The molecule has 1 fully saturated rings. The number of esters is 2. The Balaban J connectivity index is 2.12. The van der Waals surface area contributed by atoms with Gasteiger partial charge in [-0.05, 0) is 0 Å². The summed E-state index contributed by atoms with van der Waals surface area (Å²) in [6.45, 7) is 0.210. The fourth-order valence-corrected chi connectivity index (χ4v) is 3.39. The highest BCUT2D eigenvalue weighted by atomic mass is 19.4. The molecule has 0 saturated carbocycles. The Morgan fingerprint density at radius 3 is 2.62 bits per heavy atom. The minimum absolute atomic E-state index is 0.120. The summed E-state index contributed by atoms with van der Waals surface area (Å²) in [5, 5.41) is 0. The van der Waals surface area contributed by atoms with Gasteiger partial charge in [0.2, 0.25) is 5.95 Å². The van der Waals surface area contributed by atoms with Crippen molar-refractivity contribution in [3.05, 3.63) is 16.7 Å². The number of nitrogens with zero attached hydrogens (tertiary/aromatic N) is 4. The van der Waals surface area contributed by atoms with Crippen LogP contribution in [0.3, 0.4) is 0 Å². The molecule has 32 heavy (non-hydrogen) atoms. The Morgan fingerprint density at radius 2 is 2.03 bits per heavy atom. The Bertz CT molecular complexity index is 1080. The zero-order valence-corrected chi connectivity index (χ0v) is 16.8. The van der Waals surface area contributed by atoms with Crippen molar-refractivity contribution in [2.24, 2.45) is 0 Å². The molecule has 1 aliphatic rings. The molecule has 0 aliphatic carbocycles. The zero-order chi connectivity index (χ0) is 23.8. The molecule has 0 unspecified atom stereocenters. The number of imidazole rings is 1. The van der Waals surface area contributed by atoms with E-state index in [0.717, 1.165) is 29.4 Å². The second kappa shape index (κ2) is 8.72. The van der Waals surface area contributed by atoms with Crippen LogP contribution in [0.2, 0.25) is 0 Å². The Morgan fingerprint density at radius 1 is 1.34 bits per heavy atom. The molecule has 2 aromatic heterocycles. The number of nitrogens with two attached hydrogens (primary N) is 1. The minimum Gasteiger partial charge on any atom is -0.469 e. The van der Waals surface area contributed by atoms with Crippen molar-refractivity contribution in [2.75, 3.05) is 12.8 Å². The van der Waals surface area contributed by atoms with E-state index >= 15 is 4.39 Å². The second-order valence-electron chi connectivity index (χ2n) is 6.97. The third kappa shape index (κ3) is 4.66. The lowest BCUT2D eigenvalue weighted by Crippen LogP contribution is -2.37. The number of aryl methyl sites for hydroxylation is 1. The van der Waals surface area contributed by atoms with Gasteiger partial charge in [0, 0.05) is 13.5 Å². The van der Waals surface area contributed by atoms with Crippen LogP contribution >= 0.6 is 0 Å². The molecular weight excluding hydrogens is 446 g/mol. The Hall–Kier alpha value is -3.23. The molecule has 3 heterocycles. The summed E-state index contributed by atoms with van der Waals surface area (Å²) in [5.41, 5.74) is 4.14. The zero-order valence-electron chi connectivity index (χ0n) is 16.8. The summed E-state index contributed by atoms with van der Waals surface area (Å²) >= 11 is 0. The van der Waals surface area contributed by atoms with Crippen LogP contribution < -0.4 is 11.4 Å². The van der Waals surface area contributed by atoms with Gasteiger partial charge in [0.05, 0.1) is 26.1 Å². The summed E-state index contributed by atoms with van der Waals surface area (Å²) in [4.78, 5) is 43.7. The van der Waals surface area contributed by atoms with Gasteiger partial charge in [-0.15, -0.1) is 0 Å². The van der Waals surface area contributed by atoms with Gasteiger partial charge in [0.1, 0.15) is 11.6 Å². The molecule has 2 N–H and O–H groups in total. The van der Waals surface area contributed by atoms with Crippen molar-refractivity contribution in [1.29, 1.82) is 0 Å². The van der Waals surface area contributed by atoms with Gasteiger partial charge in [-0.3, -0.25) is 14.2 Å². The number of ether oxygens (including phenoxy) is 3. The van der Waals surface area contributed by atoms with Crippen LogP contribution in [0.15, 0.2) is 11.0 Å². The van der Waals surface area contributed by atoms with Crippen molar-refractivity contribution in [3.8, 4) is 0 Å². The monoisotopic (exact) mass is 465 g/mol. The SMILES string of the molecule is COC(=O)C[C@H]1O[C@@H](n2c(=O)n(CCC(F)(F)F)c3cnc(N)nc32)[C@H](OC(C)=O)[C@@H]1F. The van der Waals surface area contributed by atoms with Crippen molar-refractivity contribution in [2.45, 2.75) is 57.1 Å². The van der Waals surface area contributed by atoms with E-state index in [9.17, 15) is 27.6 Å². The number of carbonyl (C=O) groups excluding carboxylic acids is 2. The molecular formula is C17H19F4N5O6. The first kappa shape index (κ1) is 23.4. The van der Waals surface area contributed by atoms with E-state index < -0.39 is 67.8 Å². The van der Waals surface area contributed by atoms with E-state index in [2.05, 4.69) is 14.7 Å². The first-order valence-electron chi connectivity index (χ1n) is 9.26. The molecule has 11 nitrogen and oxygen atoms in total. The standard InChI is InChI=1S/C17H19F4N5O6/c1-7(27)31-12-11(18)9(5-10(28)30-2)32-14(12)26-13-8(6-23-15(22)24-13)25(16(26)29)4-3-17(19,20)21/h6,9,11-12,14H,3-5H2,1-2H3,(H2,22,23,24)/t9-,11-,12-,14-/m1/s1. The highest BCUT2D eigenvalue weighted by Gasteiger charge is 2.50. The summed E-state index contributed by atoms with van der Waals surface area (Å²) in [6.07, 6.45) is -12.3. The molecule has 0 aromatic carbocycles. The average molecular weight is 465 g/mol. The number of fused-ring (bicyclic) bond motifs is 1. The molecule has 1 aliphatic heterocycles. The summed E-state index contributed by atoms with van der Waals surface area (Å²) in [6, 6.07) is 0. The van der Waals surface area contributed by atoms with E-state index in [-0.39, 0.29) is 17.1 Å². The maximum absolute atomic E-state index is 15.0. The number of hydrogen-bond donors (Lipinski definition) is 1. The lowest BCUT2D eigenvalue weighted by Gasteiger charge is -2.19. The van der Waals surface area contributed by atoms with E-state index in [4.69, 9.17) is 15.2 Å². The molecule has 1 saturated heterocycles. The fourth-order valence-electron chi connectivity index (χ4n) is 3.39. The van der Waals surface area contributed by atoms with Gasteiger partial charge in [-0.1, -0.05) is 0 Å². The van der Waals surface area contributed by atoms with Crippen molar-refractivity contribution in [1.82, 2.24) is 19.1 Å². The van der Waals surface area contributed by atoms with Gasteiger partial charge in [-0.25, -0.2) is 18.7 Å². The quantitative estimate of drug-likeness (QED) is 0.486. The van der Waals surface area contributed by atoms with Gasteiger partial charge in [-0.2, -0.15) is 18.2 Å². The van der Waals surface area contributed by atoms with E-state index in [1.807, 2.05) is 0 Å². The topological polar surface area (TPSA) is 141 Å². The Labute approximate surface area is 177 Å². The average Bonchev–Trinajstić information content (AvgIpc) is 3.12. The lowest BCUT2D eigenvalue weighted by molar-refractivity contribution is -0.154. The number of anilines is 1. The lowest BCUT2D eigenvalue weighted by atomic mass is 10.1. The van der Waals surface area contributed by atoms with Crippen LogP contribution in [0.4, 0.5) is 23.5 Å². The molecule has 0 bridgehead atoms. The molecule has 0 spiro atoms. The first-order chi connectivity index (χ1) is 14.9. The van der Waals surface area contributed by atoms with Gasteiger partial charge >= 0.3 is 23.8 Å². The van der Waals surface area contributed by atoms with Crippen molar-refractivity contribution < 1.29 is 41.4 Å². The maximum atomic E-state index is 15.0. The predicted molar refractivity (Wildman–Crippen MR) is 97.9 cm³/mol. The molecule has 2 aromatic rings. The van der Waals surface area contributed by atoms with Gasteiger partial charge < -0.3 is 19.9 Å². The number of hydrogen-bond acceptors (Lipinski definition) is 9. The van der Waals surface area contributed by atoms with Crippen LogP contribution in [0.5, 0.6) is 0 Å². The normalized spacial score (nSPS) is 23.4. The minimum atomic E-state index is -4.57. The van der Waals surface area contributed by atoms with Crippen molar-refractivity contribution in [3.63, 3.8) is 0 Å². The summed E-state index contributed by atoms with van der Waals surface area (Å²) in [5.74, 6) is -2.05. The molecule has 0 amide bonds. The number of nitrogen functional groups attached to an aromatic ring is 1. The predicted octanol–water partition coefficient (Wildman–Crippen LogP) is 0.858. The van der Waals surface area contributed by atoms with Crippen LogP contribution in [0.25, 0.3) is 11.2 Å². The number of halogens is 4. The largest absolute Gasteiger partial charge is 0.469 e. The van der Waals surface area contributed by atoms with Gasteiger partial charge in [0.15, 0.2) is 24.2 Å². The van der Waals surface area contributed by atoms with Crippen molar-refractivity contribution >= 4 is 29.1 Å². The number of rotatable bonds is 6. The third-order valence-electron chi connectivity index (χ3n) is 4.76. The summed E-state index contributed by atoms with van der Waals surface area (Å²) in [7, 11) is 1.07. The molecule has 176 valence electrons. The Kier molecular flexibility index (Phi) is 6.39. The van der Waals surface area contributed by atoms with E-state index in [0.29, 0.717) is 0 Å². The molecule has 4 atom stereocenters. The number of methoxy groups -OCH3 is 1. The molecule has 0 radical (unpaired) electrons. The number of carbonyl (C=O) groups is 2. The molecule has 3 rings (SSSR count).